The highest BCUT2D eigenvalue weighted by atomic mass is 35.5. The molecule has 0 saturated heterocycles. The van der Waals surface area contributed by atoms with Crippen molar-refractivity contribution in [1.82, 2.24) is 0 Å². The van der Waals surface area contributed by atoms with Gasteiger partial charge in [0.25, 0.3) is 0 Å². The Bertz CT molecular complexity index is 319. The predicted octanol–water partition coefficient (Wildman–Crippen LogP) is 2.29. The second kappa shape index (κ2) is 5.91. The van der Waals surface area contributed by atoms with Crippen LogP contribution in [0.15, 0.2) is 36.4 Å². The molecule has 0 amide bonds. The van der Waals surface area contributed by atoms with Gasteiger partial charge in [0.1, 0.15) is 0 Å². The van der Waals surface area contributed by atoms with Gasteiger partial charge >= 0.3 is 0 Å². The summed E-state index contributed by atoms with van der Waals surface area (Å²) < 4.78 is 0. The van der Waals surface area contributed by atoms with Gasteiger partial charge < -0.3 is 11.5 Å². The van der Waals surface area contributed by atoms with Crippen molar-refractivity contribution in [2.45, 2.75) is 12.3 Å². The standard InChI is InChI=1S/C12H17ClN2/c1-9(7-14)6-11(8-15)10-2-4-12(13)5-3-10/h2-5,11H,1,6-8,14-15H2. The summed E-state index contributed by atoms with van der Waals surface area (Å²) in [7, 11) is 0. The van der Waals surface area contributed by atoms with E-state index in [9.17, 15) is 0 Å². The minimum Gasteiger partial charge on any atom is -0.330 e. The molecule has 0 radical (unpaired) electrons. The van der Waals surface area contributed by atoms with Gasteiger partial charge in [0, 0.05) is 11.6 Å². The second-order valence-electron chi connectivity index (χ2n) is 3.64. The van der Waals surface area contributed by atoms with Crippen molar-refractivity contribution in [3.63, 3.8) is 0 Å². The molecule has 2 nitrogen and oxygen atoms in total. The summed E-state index contributed by atoms with van der Waals surface area (Å²) in [4.78, 5) is 0. The molecule has 0 aliphatic carbocycles. The molecular formula is C12H17ClN2. The molecule has 1 rings (SSSR count). The lowest BCUT2D eigenvalue weighted by atomic mass is 9.92. The van der Waals surface area contributed by atoms with Gasteiger partial charge in [-0.05, 0) is 36.6 Å². The Balaban J connectivity index is 2.74. The van der Waals surface area contributed by atoms with Crippen LogP contribution in [0.5, 0.6) is 0 Å². The summed E-state index contributed by atoms with van der Waals surface area (Å²) >= 11 is 5.82. The Morgan fingerprint density at radius 3 is 2.33 bits per heavy atom. The normalized spacial score (nSPS) is 12.5. The SMILES string of the molecule is C=C(CN)CC(CN)c1ccc(Cl)cc1. The maximum absolute atomic E-state index is 5.82. The number of hydrogen-bond acceptors (Lipinski definition) is 2. The van der Waals surface area contributed by atoms with Gasteiger partial charge in [0.15, 0.2) is 0 Å². The van der Waals surface area contributed by atoms with E-state index in [2.05, 4.69) is 6.58 Å². The van der Waals surface area contributed by atoms with Gasteiger partial charge in [-0.15, -0.1) is 0 Å². The molecule has 0 fully saturated rings. The molecule has 1 aromatic carbocycles. The molecule has 4 N–H and O–H groups in total. The average molecular weight is 225 g/mol. The van der Waals surface area contributed by atoms with Gasteiger partial charge in [-0.1, -0.05) is 35.9 Å². The lowest BCUT2D eigenvalue weighted by molar-refractivity contribution is 0.683. The zero-order valence-corrected chi connectivity index (χ0v) is 9.50. The Morgan fingerprint density at radius 2 is 1.87 bits per heavy atom. The van der Waals surface area contributed by atoms with E-state index in [1.165, 1.54) is 5.56 Å². The molecule has 0 aromatic heterocycles. The first kappa shape index (κ1) is 12.2. The molecule has 3 heteroatoms. The van der Waals surface area contributed by atoms with E-state index < -0.39 is 0 Å². The van der Waals surface area contributed by atoms with Gasteiger partial charge in [-0.3, -0.25) is 0 Å². The topological polar surface area (TPSA) is 52.0 Å². The van der Waals surface area contributed by atoms with Crippen LogP contribution in [-0.4, -0.2) is 13.1 Å². The Labute approximate surface area is 95.9 Å². The van der Waals surface area contributed by atoms with Crippen molar-refractivity contribution in [1.29, 1.82) is 0 Å². The molecule has 1 unspecified atom stereocenters. The highest BCUT2D eigenvalue weighted by Gasteiger charge is 2.10. The Hall–Kier alpha value is -0.830. The average Bonchev–Trinajstić information content (AvgIpc) is 2.27. The smallest absolute Gasteiger partial charge is 0.0406 e. The van der Waals surface area contributed by atoms with Crippen molar-refractivity contribution >= 4 is 11.6 Å². The second-order valence-corrected chi connectivity index (χ2v) is 4.08. The number of hydrogen-bond donors (Lipinski definition) is 2. The summed E-state index contributed by atoms with van der Waals surface area (Å²) in [6, 6.07) is 7.77. The largest absolute Gasteiger partial charge is 0.330 e. The van der Waals surface area contributed by atoms with Crippen LogP contribution in [0.1, 0.15) is 17.9 Å². The first-order valence-corrected chi connectivity index (χ1v) is 5.37. The Morgan fingerprint density at radius 1 is 1.27 bits per heavy atom. The number of nitrogens with two attached hydrogens (primary N) is 2. The van der Waals surface area contributed by atoms with Crippen LogP contribution >= 0.6 is 11.6 Å². The number of benzene rings is 1. The number of rotatable bonds is 5. The van der Waals surface area contributed by atoms with Crippen LogP contribution in [0.2, 0.25) is 5.02 Å². The first-order valence-electron chi connectivity index (χ1n) is 4.99. The molecule has 1 atom stereocenters. The third-order valence-corrected chi connectivity index (χ3v) is 2.70. The van der Waals surface area contributed by atoms with Crippen LogP contribution in [0, 0.1) is 0 Å². The summed E-state index contributed by atoms with van der Waals surface area (Å²) in [6.07, 6.45) is 0.842. The summed E-state index contributed by atoms with van der Waals surface area (Å²) in [5.74, 6) is 0.290. The molecule has 15 heavy (non-hydrogen) atoms. The lowest BCUT2D eigenvalue weighted by Crippen LogP contribution is -2.15. The first-order chi connectivity index (χ1) is 7.17. The maximum Gasteiger partial charge on any atom is 0.0406 e. The molecule has 0 aliphatic heterocycles. The maximum atomic E-state index is 5.82. The highest BCUT2D eigenvalue weighted by Crippen LogP contribution is 2.23. The van der Waals surface area contributed by atoms with E-state index in [4.69, 9.17) is 23.1 Å². The zero-order chi connectivity index (χ0) is 11.3. The van der Waals surface area contributed by atoms with Crippen LogP contribution in [0.3, 0.4) is 0 Å². The van der Waals surface area contributed by atoms with Crippen molar-refractivity contribution in [3.8, 4) is 0 Å². The minimum absolute atomic E-state index is 0.290. The molecule has 0 saturated carbocycles. The summed E-state index contributed by atoms with van der Waals surface area (Å²) in [5, 5.41) is 0.743. The highest BCUT2D eigenvalue weighted by molar-refractivity contribution is 6.30. The van der Waals surface area contributed by atoms with E-state index in [1.807, 2.05) is 24.3 Å². The van der Waals surface area contributed by atoms with Gasteiger partial charge in [0.2, 0.25) is 0 Å². The van der Waals surface area contributed by atoms with Gasteiger partial charge in [-0.2, -0.15) is 0 Å². The predicted molar refractivity (Wildman–Crippen MR) is 66.1 cm³/mol. The zero-order valence-electron chi connectivity index (χ0n) is 8.75. The van der Waals surface area contributed by atoms with Crippen LogP contribution in [0.4, 0.5) is 0 Å². The van der Waals surface area contributed by atoms with E-state index >= 15 is 0 Å². The Kier molecular flexibility index (Phi) is 4.82. The van der Waals surface area contributed by atoms with Crippen molar-refractivity contribution in [3.05, 3.63) is 47.0 Å². The molecular weight excluding hydrogens is 208 g/mol. The summed E-state index contributed by atoms with van der Waals surface area (Å²) in [6.45, 7) is 5.01. The van der Waals surface area contributed by atoms with Crippen molar-refractivity contribution < 1.29 is 0 Å². The third-order valence-electron chi connectivity index (χ3n) is 2.45. The fourth-order valence-electron chi connectivity index (χ4n) is 1.50. The van der Waals surface area contributed by atoms with E-state index in [0.29, 0.717) is 19.0 Å². The molecule has 0 aliphatic rings. The third kappa shape index (κ3) is 3.67. The summed E-state index contributed by atoms with van der Waals surface area (Å²) in [5.41, 5.74) is 13.5. The van der Waals surface area contributed by atoms with E-state index in [0.717, 1.165) is 17.0 Å². The molecule has 0 spiro atoms. The fraction of sp³-hybridized carbons (Fsp3) is 0.333. The van der Waals surface area contributed by atoms with Gasteiger partial charge in [-0.25, -0.2) is 0 Å². The van der Waals surface area contributed by atoms with Crippen LogP contribution in [0.25, 0.3) is 0 Å². The van der Waals surface area contributed by atoms with E-state index in [-0.39, 0.29) is 0 Å². The molecule has 0 bridgehead atoms. The monoisotopic (exact) mass is 224 g/mol. The molecule has 0 heterocycles. The number of halogens is 1. The van der Waals surface area contributed by atoms with E-state index in [1.54, 1.807) is 0 Å². The molecule has 82 valence electrons. The van der Waals surface area contributed by atoms with Crippen LogP contribution in [-0.2, 0) is 0 Å². The minimum atomic E-state index is 0.290. The quantitative estimate of drug-likeness (QED) is 0.754. The van der Waals surface area contributed by atoms with Crippen molar-refractivity contribution in [2.24, 2.45) is 11.5 Å². The van der Waals surface area contributed by atoms with Crippen molar-refractivity contribution in [2.75, 3.05) is 13.1 Å². The fourth-order valence-corrected chi connectivity index (χ4v) is 1.63. The van der Waals surface area contributed by atoms with Crippen LogP contribution < -0.4 is 11.5 Å². The lowest BCUT2D eigenvalue weighted by Gasteiger charge is -2.16. The molecule has 1 aromatic rings. The van der Waals surface area contributed by atoms with Gasteiger partial charge in [0.05, 0.1) is 0 Å².